The lowest BCUT2D eigenvalue weighted by Gasteiger charge is -2.06. The van der Waals surface area contributed by atoms with E-state index in [2.05, 4.69) is 10.3 Å². The van der Waals surface area contributed by atoms with Crippen LogP contribution in [0.1, 0.15) is 21.7 Å². The molecule has 0 bridgehead atoms. The molecule has 0 fully saturated rings. The van der Waals surface area contributed by atoms with Crippen molar-refractivity contribution in [2.45, 2.75) is 13.8 Å². The van der Waals surface area contributed by atoms with Gasteiger partial charge in [0.25, 0.3) is 11.6 Å². The topological polar surface area (TPSA) is 85.1 Å². The summed E-state index contributed by atoms with van der Waals surface area (Å²) in [6.07, 6.45) is 0. The fraction of sp³-hybridized carbons (Fsp3) is 0.143. The van der Waals surface area contributed by atoms with Gasteiger partial charge in [-0.05, 0) is 37.6 Å². The van der Waals surface area contributed by atoms with E-state index >= 15 is 0 Å². The third-order valence-corrected chi connectivity index (χ3v) is 2.72. The van der Waals surface area contributed by atoms with Gasteiger partial charge in [0.1, 0.15) is 11.4 Å². The van der Waals surface area contributed by atoms with E-state index in [0.717, 1.165) is 5.56 Å². The number of aryl methyl sites for hydroxylation is 2. The van der Waals surface area contributed by atoms with Crippen molar-refractivity contribution in [3.05, 3.63) is 63.5 Å². The van der Waals surface area contributed by atoms with Crippen LogP contribution in [-0.4, -0.2) is 15.8 Å². The Morgan fingerprint density at radius 3 is 2.65 bits per heavy atom. The van der Waals surface area contributed by atoms with Crippen molar-refractivity contribution in [1.82, 2.24) is 4.98 Å². The minimum absolute atomic E-state index is 0.133. The Labute approximate surface area is 115 Å². The normalized spacial score (nSPS) is 10.1. The molecule has 1 aromatic carbocycles. The molecule has 0 aliphatic carbocycles. The van der Waals surface area contributed by atoms with E-state index in [1.165, 1.54) is 12.1 Å². The van der Waals surface area contributed by atoms with Crippen molar-refractivity contribution in [3.63, 3.8) is 0 Å². The van der Waals surface area contributed by atoms with Gasteiger partial charge in [-0.25, -0.2) is 4.98 Å². The molecule has 20 heavy (non-hydrogen) atoms. The summed E-state index contributed by atoms with van der Waals surface area (Å²) in [6, 6.07) is 9.67. The first kappa shape index (κ1) is 13.7. The van der Waals surface area contributed by atoms with Gasteiger partial charge in [0.2, 0.25) is 0 Å². The molecule has 0 atom stereocenters. The molecule has 1 aromatic heterocycles. The molecule has 6 nitrogen and oxygen atoms in total. The number of hydrogen-bond donors (Lipinski definition) is 1. The number of amides is 1. The summed E-state index contributed by atoms with van der Waals surface area (Å²) in [6.45, 7) is 3.52. The molecular weight excluding hydrogens is 258 g/mol. The molecule has 102 valence electrons. The molecule has 0 saturated heterocycles. The van der Waals surface area contributed by atoms with Gasteiger partial charge < -0.3 is 5.32 Å². The summed E-state index contributed by atoms with van der Waals surface area (Å²) in [4.78, 5) is 26.6. The van der Waals surface area contributed by atoms with Crippen molar-refractivity contribution in [3.8, 4) is 0 Å². The standard InChI is InChI=1S/C14H13N3O3/c1-9-6-7-11(13(8-9)17(19)20)16-14(18)12-5-3-4-10(2)15-12/h3-8H,1-2H3,(H,16,18). The Hall–Kier alpha value is -2.76. The summed E-state index contributed by atoms with van der Waals surface area (Å²) in [5.41, 5.74) is 1.71. The van der Waals surface area contributed by atoms with E-state index in [0.29, 0.717) is 5.69 Å². The van der Waals surface area contributed by atoms with E-state index in [-0.39, 0.29) is 17.1 Å². The lowest BCUT2D eigenvalue weighted by molar-refractivity contribution is -0.384. The van der Waals surface area contributed by atoms with Crippen LogP contribution in [0.5, 0.6) is 0 Å². The molecule has 0 saturated carbocycles. The third kappa shape index (κ3) is 2.97. The highest BCUT2D eigenvalue weighted by atomic mass is 16.6. The molecule has 0 radical (unpaired) electrons. The minimum atomic E-state index is -0.522. The molecule has 1 heterocycles. The first-order valence-electron chi connectivity index (χ1n) is 5.97. The average Bonchev–Trinajstić information content (AvgIpc) is 2.40. The number of carbonyl (C=O) groups is 1. The summed E-state index contributed by atoms with van der Waals surface area (Å²) >= 11 is 0. The van der Waals surface area contributed by atoms with Crippen LogP contribution in [0.25, 0.3) is 0 Å². The van der Waals surface area contributed by atoms with Gasteiger partial charge in [-0.15, -0.1) is 0 Å². The summed E-state index contributed by atoms with van der Waals surface area (Å²) < 4.78 is 0. The Morgan fingerprint density at radius 1 is 1.25 bits per heavy atom. The van der Waals surface area contributed by atoms with Gasteiger partial charge >= 0.3 is 0 Å². The number of hydrogen-bond acceptors (Lipinski definition) is 4. The van der Waals surface area contributed by atoms with Crippen LogP contribution < -0.4 is 5.32 Å². The lowest BCUT2D eigenvalue weighted by Crippen LogP contribution is -2.15. The highest BCUT2D eigenvalue weighted by Crippen LogP contribution is 2.25. The Morgan fingerprint density at radius 2 is 2.00 bits per heavy atom. The molecule has 0 spiro atoms. The van der Waals surface area contributed by atoms with E-state index in [1.807, 2.05) is 0 Å². The Bertz CT molecular complexity index is 683. The predicted octanol–water partition coefficient (Wildman–Crippen LogP) is 2.86. The van der Waals surface area contributed by atoms with Crippen LogP contribution in [0.3, 0.4) is 0 Å². The fourth-order valence-corrected chi connectivity index (χ4v) is 1.75. The maximum atomic E-state index is 12.0. The van der Waals surface area contributed by atoms with Crippen LogP contribution in [0, 0.1) is 24.0 Å². The van der Waals surface area contributed by atoms with Crippen LogP contribution in [0.4, 0.5) is 11.4 Å². The highest BCUT2D eigenvalue weighted by molar-refractivity contribution is 6.04. The number of pyridine rings is 1. The first-order chi connectivity index (χ1) is 9.47. The van der Waals surface area contributed by atoms with Crippen LogP contribution in [-0.2, 0) is 0 Å². The second kappa shape index (κ2) is 5.48. The number of carbonyl (C=O) groups excluding carboxylic acids is 1. The SMILES string of the molecule is Cc1ccc(NC(=O)c2cccc(C)n2)c([N+](=O)[O-])c1. The molecule has 6 heteroatoms. The molecule has 2 rings (SSSR count). The van der Waals surface area contributed by atoms with Crippen molar-refractivity contribution < 1.29 is 9.72 Å². The van der Waals surface area contributed by atoms with Gasteiger partial charge in [0.15, 0.2) is 0 Å². The number of anilines is 1. The molecule has 1 amide bonds. The number of nitro groups is 1. The van der Waals surface area contributed by atoms with Crippen LogP contribution in [0.2, 0.25) is 0 Å². The number of aromatic nitrogens is 1. The van der Waals surface area contributed by atoms with E-state index in [9.17, 15) is 14.9 Å². The Kier molecular flexibility index (Phi) is 3.74. The maximum Gasteiger partial charge on any atom is 0.293 e. The van der Waals surface area contributed by atoms with Gasteiger partial charge in [-0.2, -0.15) is 0 Å². The van der Waals surface area contributed by atoms with Crippen molar-refractivity contribution in [2.24, 2.45) is 0 Å². The number of nitro benzene ring substituents is 1. The van der Waals surface area contributed by atoms with Crippen molar-refractivity contribution in [2.75, 3.05) is 5.32 Å². The van der Waals surface area contributed by atoms with Crippen molar-refractivity contribution >= 4 is 17.3 Å². The third-order valence-electron chi connectivity index (χ3n) is 2.72. The quantitative estimate of drug-likeness (QED) is 0.687. The second-order valence-electron chi connectivity index (χ2n) is 4.40. The molecule has 2 aromatic rings. The lowest BCUT2D eigenvalue weighted by atomic mass is 10.2. The first-order valence-corrected chi connectivity index (χ1v) is 5.97. The molecule has 0 aliphatic rings. The zero-order valence-corrected chi connectivity index (χ0v) is 11.1. The maximum absolute atomic E-state index is 12.0. The molecule has 0 unspecified atom stereocenters. The number of nitrogens with one attached hydrogen (secondary N) is 1. The van der Waals surface area contributed by atoms with E-state index in [1.54, 1.807) is 38.1 Å². The van der Waals surface area contributed by atoms with Crippen LogP contribution in [0.15, 0.2) is 36.4 Å². The molecular formula is C14H13N3O3. The number of rotatable bonds is 3. The van der Waals surface area contributed by atoms with Crippen molar-refractivity contribution in [1.29, 1.82) is 0 Å². The van der Waals surface area contributed by atoms with Gasteiger partial charge in [-0.3, -0.25) is 14.9 Å². The van der Waals surface area contributed by atoms with Gasteiger partial charge in [-0.1, -0.05) is 12.1 Å². The summed E-state index contributed by atoms with van der Waals surface area (Å²) in [7, 11) is 0. The Balaban J connectivity index is 2.30. The average molecular weight is 271 g/mol. The smallest absolute Gasteiger partial charge is 0.293 e. The summed E-state index contributed by atoms with van der Waals surface area (Å²) in [5, 5.41) is 13.5. The highest BCUT2D eigenvalue weighted by Gasteiger charge is 2.17. The summed E-state index contributed by atoms with van der Waals surface area (Å²) in [5.74, 6) is -0.472. The number of benzene rings is 1. The minimum Gasteiger partial charge on any atom is -0.315 e. The van der Waals surface area contributed by atoms with Crippen LogP contribution >= 0.6 is 0 Å². The predicted molar refractivity (Wildman–Crippen MR) is 74.8 cm³/mol. The van der Waals surface area contributed by atoms with Gasteiger partial charge in [0, 0.05) is 11.8 Å². The van der Waals surface area contributed by atoms with Gasteiger partial charge in [0.05, 0.1) is 4.92 Å². The second-order valence-corrected chi connectivity index (χ2v) is 4.40. The molecule has 0 aliphatic heterocycles. The zero-order valence-electron chi connectivity index (χ0n) is 11.1. The largest absolute Gasteiger partial charge is 0.315 e. The number of nitrogens with zero attached hydrogens (tertiary/aromatic N) is 2. The monoisotopic (exact) mass is 271 g/mol. The zero-order chi connectivity index (χ0) is 14.7. The fourth-order valence-electron chi connectivity index (χ4n) is 1.75. The van der Waals surface area contributed by atoms with E-state index in [4.69, 9.17) is 0 Å². The molecule has 1 N–H and O–H groups in total. The van der Waals surface area contributed by atoms with E-state index < -0.39 is 10.8 Å².